The number of nitrogens with zero attached hydrogens (tertiary/aromatic N) is 1. The molecule has 0 heterocycles. The molecule has 5 nitrogen and oxygen atoms in total. The number of halogens is 2. The van der Waals surface area contributed by atoms with Crippen LogP contribution in [0, 0.1) is 15.9 Å². The minimum Gasteiger partial charge on any atom is -0.488 e. The Morgan fingerprint density at radius 3 is 2.71 bits per heavy atom. The van der Waals surface area contributed by atoms with Crippen LogP contribution in [0.4, 0.5) is 15.8 Å². The topological polar surface area (TPSA) is 64.4 Å². The zero-order chi connectivity index (χ0) is 15.4. The largest absolute Gasteiger partial charge is 0.488 e. The molecule has 0 aromatic heterocycles. The zero-order valence-corrected chi connectivity index (χ0v) is 12.7. The van der Waals surface area contributed by atoms with E-state index in [9.17, 15) is 14.5 Å². The number of anilines is 1. The van der Waals surface area contributed by atoms with Crippen molar-refractivity contribution in [2.24, 2.45) is 0 Å². The fraction of sp³-hybridized carbons (Fsp3) is 0.143. The van der Waals surface area contributed by atoms with Crippen molar-refractivity contribution in [3.63, 3.8) is 0 Å². The maximum Gasteiger partial charge on any atom is 0.292 e. The Kier molecular flexibility index (Phi) is 4.74. The van der Waals surface area contributed by atoms with Gasteiger partial charge in [-0.15, -0.1) is 0 Å². The van der Waals surface area contributed by atoms with E-state index in [1.165, 1.54) is 24.3 Å². The molecule has 21 heavy (non-hydrogen) atoms. The van der Waals surface area contributed by atoms with Gasteiger partial charge in [0.1, 0.15) is 23.9 Å². The van der Waals surface area contributed by atoms with Gasteiger partial charge in [0.15, 0.2) is 0 Å². The van der Waals surface area contributed by atoms with E-state index >= 15 is 0 Å². The molecule has 2 rings (SSSR count). The van der Waals surface area contributed by atoms with Crippen molar-refractivity contribution >= 4 is 27.3 Å². The van der Waals surface area contributed by atoms with Crippen LogP contribution in [0.5, 0.6) is 5.75 Å². The lowest BCUT2D eigenvalue weighted by Crippen LogP contribution is -2.00. The van der Waals surface area contributed by atoms with Gasteiger partial charge in [-0.05, 0) is 51.8 Å². The highest BCUT2D eigenvalue weighted by Crippen LogP contribution is 2.28. The van der Waals surface area contributed by atoms with Crippen molar-refractivity contribution in [2.75, 3.05) is 12.4 Å². The molecule has 0 amide bonds. The Labute approximate surface area is 129 Å². The maximum atomic E-state index is 13.0. The molecule has 7 heteroatoms. The highest BCUT2D eigenvalue weighted by molar-refractivity contribution is 9.10. The minimum atomic E-state index is -0.451. The Balaban J connectivity index is 2.15. The molecular weight excluding hydrogens is 343 g/mol. The average molecular weight is 355 g/mol. The molecule has 0 aliphatic rings. The number of hydrogen-bond acceptors (Lipinski definition) is 4. The molecule has 0 saturated carbocycles. The number of benzene rings is 2. The Hall–Kier alpha value is -2.15. The Morgan fingerprint density at radius 2 is 2.10 bits per heavy atom. The average Bonchev–Trinajstić information content (AvgIpc) is 2.45. The van der Waals surface area contributed by atoms with Crippen molar-refractivity contribution < 1.29 is 14.1 Å². The quantitative estimate of drug-likeness (QED) is 0.647. The molecule has 2 aromatic rings. The van der Waals surface area contributed by atoms with Crippen LogP contribution in [0.15, 0.2) is 40.9 Å². The molecule has 0 atom stereocenters. The van der Waals surface area contributed by atoms with E-state index in [0.29, 0.717) is 15.9 Å². The Bertz CT molecular complexity index is 679. The fourth-order valence-electron chi connectivity index (χ4n) is 1.79. The van der Waals surface area contributed by atoms with E-state index in [2.05, 4.69) is 21.2 Å². The molecule has 0 aliphatic carbocycles. The summed E-state index contributed by atoms with van der Waals surface area (Å²) in [4.78, 5) is 10.4. The van der Waals surface area contributed by atoms with Crippen LogP contribution in [-0.2, 0) is 6.61 Å². The highest BCUT2D eigenvalue weighted by atomic mass is 79.9. The summed E-state index contributed by atoms with van der Waals surface area (Å²) in [6.07, 6.45) is 0. The first-order valence-corrected chi connectivity index (χ1v) is 6.83. The number of ether oxygens (including phenoxy) is 1. The summed E-state index contributed by atoms with van der Waals surface area (Å²) in [7, 11) is 1.61. The predicted octanol–water partition coefficient (Wildman–Crippen LogP) is 4.12. The van der Waals surface area contributed by atoms with Crippen LogP contribution in [0.2, 0.25) is 0 Å². The number of rotatable bonds is 5. The summed E-state index contributed by atoms with van der Waals surface area (Å²) in [6, 6.07) is 8.82. The molecule has 1 N–H and O–H groups in total. The number of hydrogen-bond donors (Lipinski definition) is 1. The van der Waals surface area contributed by atoms with E-state index in [4.69, 9.17) is 4.74 Å². The molecule has 0 fully saturated rings. The monoisotopic (exact) mass is 354 g/mol. The van der Waals surface area contributed by atoms with Crippen molar-refractivity contribution in [1.82, 2.24) is 0 Å². The van der Waals surface area contributed by atoms with Gasteiger partial charge in [0.05, 0.1) is 9.40 Å². The van der Waals surface area contributed by atoms with Gasteiger partial charge >= 0.3 is 0 Å². The van der Waals surface area contributed by atoms with E-state index < -0.39 is 4.92 Å². The summed E-state index contributed by atoms with van der Waals surface area (Å²) in [6.45, 7) is 0.219. The Morgan fingerprint density at radius 1 is 1.33 bits per heavy atom. The first-order valence-electron chi connectivity index (χ1n) is 6.04. The summed E-state index contributed by atoms with van der Waals surface area (Å²) in [5.41, 5.74) is 1.18. The SMILES string of the molecule is CNc1cc(COc2ccc(F)cc2Br)ccc1[N+](=O)[O-]. The summed E-state index contributed by atoms with van der Waals surface area (Å²) in [5, 5.41) is 13.6. The number of nitro benzene ring substituents is 1. The van der Waals surface area contributed by atoms with Gasteiger partial charge in [0.25, 0.3) is 5.69 Å². The lowest BCUT2D eigenvalue weighted by molar-refractivity contribution is -0.384. The second kappa shape index (κ2) is 6.53. The van der Waals surface area contributed by atoms with Gasteiger partial charge in [0.2, 0.25) is 0 Å². The zero-order valence-electron chi connectivity index (χ0n) is 11.1. The van der Waals surface area contributed by atoms with Crippen molar-refractivity contribution in [2.45, 2.75) is 6.61 Å². The lowest BCUT2D eigenvalue weighted by atomic mass is 10.2. The molecule has 110 valence electrons. The van der Waals surface area contributed by atoms with E-state index in [0.717, 1.165) is 5.56 Å². The molecule has 2 aromatic carbocycles. The minimum absolute atomic E-state index is 0.00390. The lowest BCUT2D eigenvalue weighted by Gasteiger charge is -2.09. The van der Waals surface area contributed by atoms with Gasteiger partial charge in [-0.3, -0.25) is 10.1 Å². The van der Waals surface area contributed by atoms with Crippen LogP contribution >= 0.6 is 15.9 Å². The van der Waals surface area contributed by atoms with Crippen molar-refractivity contribution in [3.8, 4) is 5.75 Å². The third-order valence-electron chi connectivity index (χ3n) is 2.82. The van der Waals surface area contributed by atoms with Gasteiger partial charge in [-0.2, -0.15) is 0 Å². The molecule has 0 bridgehead atoms. The summed E-state index contributed by atoms with van der Waals surface area (Å²) in [5.74, 6) is 0.141. The van der Waals surface area contributed by atoms with E-state index in [1.54, 1.807) is 19.2 Å². The van der Waals surface area contributed by atoms with Gasteiger partial charge < -0.3 is 10.1 Å². The maximum absolute atomic E-state index is 13.0. The second-order valence-corrected chi connectivity index (χ2v) is 5.08. The van der Waals surface area contributed by atoms with Gasteiger partial charge in [-0.25, -0.2) is 4.39 Å². The third kappa shape index (κ3) is 3.69. The van der Waals surface area contributed by atoms with E-state index in [-0.39, 0.29) is 18.1 Å². The number of nitrogens with one attached hydrogen (secondary N) is 1. The normalized spacial score (nSPS) is 10.2. The van der Waals surface area contributed by atoms with Gasteiger partial charge in [0, 0.05) is 13.1 Å². The standard InChI is InChI=1S/C14H12BrFN2O3/c1-17-12-6-9(2-4-13(12)18(19)20)8-21-14-5-3-10(16)7-11(14)15/h2-7,17H,8H2,1H3. The van der Waals surface area contributed by atoms with E-state index in [1.807, 2.05) is 0 Å². The van der Waals surface area contributed by atoms with Gasteiger partial charge in [-0.1, -0.05) is 0 Å². The molecule has 0 saturated heterocycles. The molecular formula is C14H12BrFN2O3. The molecule has 0 radical (unpaired) electrons. The third-order valence-corrected chi connectivity index (χ3v) is 3.43. The van der Waals surface area contributed by atoms with Crippen LogP contribution < -0.4 is 10.1 Å². The summed E-state index contributed by atoms with van der Waals surface area (Å²) < 4.78 is 19.1. The smallest absolute Gasteiger partial charge is 0.292 e. The summed E-state index contributed by atoms with van der Waals surface area (Å²) >= 11 is 3.21. The van der Waals surface area contributed by atoms with Crippen LogP contribution in [-0.4, -0.2) is 12.0 Å². The van der Waals surface area contributed by atoms with Crippen molar-refractivity contribution in [3.05, 3.63) is 62.4 Å². The fourth-order valence-corrected chi connectivity index (χ4v) is 2.25. The van der Waals surface area contributed by atoms with Crippen LogP contribution in [0.1, 0.15) is 5.56 Å². The molecule has 0 unspecified atom stereocenters. The predicted molar refractivity (Wildman–Crippen MR) is 81.1 cm³/mol. The van der Waals surface area contributed by atoms with Crippen LogP contribution in [0.25, 0.3) is 0 Å². The molecule has 0 aliphatic heterocycles. The highest BCUT2D eigenvalue weighted by Gasteiger charge is 2.13. The molecule has 0 spiro atoms. The first-order chi connectivity index (χ1) is 10.0. The van der Waals surface area contributed by atoms with Crippen molar-refractivity contribution in [1.29, 1.82) is 0 Å². The number of nitro groups is 1. The van der Waals surface area contributed by atoms with Crippen LogP contribution in [0.3, 0.4) is 0 Å². The first kappa shape index (κ1) is 15.2. The second-order valence-electron chi connectivity index (χ2n) is 4.22.